The molecule has 0 saturated carbocycles. The summed E-state index contributed by atoms with van der Waals surface area (Å²) < 4.78 is 5.66. The molecule has 1 aliphatic heterocycles. The Balaban J connectivity index is 1.71. The average molecular weight is 305 g/mol. The summed E-state index contributed by atoms with van der Waals surface area (Å²) in [6, 6.07) is 18.4. The van der Waals surface area contributed by atoms with Gasteiger partial charge in [0.05, 0.1) is 17.3 Å². The van der Waals surface area contributed by atoms with Gasteiger partial charge in [-0.25, -0.2) is 9.97 Å². The van der Waals surface area contributed by atoms with Crippen LogP contribution in [0.15, 0.2) is 54.6 Å². The van der Waals surface area contributed by atoms with E-state index in [9.17, 15) is 0 Å². The van der Waals surface area contributed by atoms with Gasteiger partial charge in [0.25, 0.3) is 0 Å². The standard InChI is InChI=1S/C19H19N3O/c1-2-7-14(8-3-1)18-16-10-4-5-11-17(16)21-19(22-18)20-13-15-9-6-12-23-15/h1-5,7-8,10-11,15H,6,9,12-13H2,(H,20,21,22)/t15-/m1/s1. The van der Waals surface area contributed by atoms with Crippen LogP contribution in [-0.2, 0) is 4.74 Å². The molecule has 0 spiro atoms. The van der Waals surface area contributed by atoms with E-state index in [0.29, 0.717) is 5.95 Å². The van der Waals surface area contributed by atoms with E-state index in [-0.39, 0.29) is 6.10 Å². The Labute approximate surface area is 135 Å². The molecule has 116 valence electrons. The molecule has 1 saturated heterocycles. The first-order chi connectivity index (χ1) is 11.4. The monoisotopic (exact) mass is 305 g/mol. The van der Waals surface area contributed by atoms with Gasteiger partial charge in [0.15, 0.2) is 0 Å². The Morgan fingerprint density at radius 2 is 1.83 bits per heavy atom. The molecule has 1 fully saturated rings. The minimum atomic E-state index is 0.269. The highest BCUT2D eigenvalue weighted by Gasteiger charge is 2.16. The van der Waals surface area contributed by atoms with Crippen molar-refractivity contribution in [3.05, 3.63) is 54.6 Å². The number of nitrogens with zero attached hydrogens (tertiary/aromatic N) is 2. The van der Waals surface area contributed by atoms with Gasteiger partial charge in [0, 0.05) is 24.1 Å². The van der Waals surface area contributed by atoms with Gasteiger partial charge in [-0.15, -0.1) is 0 Å². The third-order valence-corrected chi connectivity index (χ3v) is 4.16. The van der Waals surface area contributed by atoms with Crippen molar-refractivity contribution < 1.29 is 4.74 Å². The summed E-state index contributed by atoms with van der Waals surface area (Å²) in [6.07, 6.45) is 2.51. The molecule has 0 unspecified atom stereocenters. The van der Waals surface area contributed by atoms with Crippen LogP contribution in [-0.4, -0.2) is 29.2 Å². The Morgan fingerprint density at radius 1 is 1.00 bits per heavy atom. The molecule has 0 radical (unpaired) electrons. The number of ether oxygens (including phenoxy) is 1. The highest BCUT2D eigenvalue weighted by molar-refractivity contribution is 5.93. The van der Waals surface area contributed by atoms with Gasteiger partial charge in [-0.2, -0.15) is 0 Å². The molecule has 1 atom stereocenters. The molecule has 4 rings (SSSR count). The second kappa shape index (κ2) is 6.34. The molecule has 0 amide bonds. The minimum Gasteiger partial charge on any atom is -0.376 e. The maximum atomic E-state index is 5.66. The first kappa shape index (κ1) is 14.2. The lowest BCUT2D eigenvalue weighted by molar-refractivity contribution is 0.120. The highest BCUT2D eigenvalue weighted by Crippen LogP contribution is 2.27. The predicted octanol–water partition coefficient (Wildman–Crippen LogP) is 3.89. The Kier molecular flexibility index (Phi) is 3.90. The number of fused-ring (bicyclic) bond motifs is 1. The Hall–Kier alpha value is -2.46. The fourth-order valence-corrected chi connectivity index (χ4v) is 2.98. The van der Waals surface area contributed by atoms with E-state index in [4.69, 9.17) is 9.72 Å². The third kappa shape index (κ3) is 3.03. The van der Waals surface area contributed by atoms with Crippen LogP contribution in [0.5, 0.6) is 0 Å². The predicted molar refractivity (Wildman–Crippen MR) is 92.4 cm³/mol. The zero-order valence-corrected chi connectivity index (χ0v) is 12.9. The maximum absolute atomic E-state index is 5.66. The van der Waals surface area contributed by atoms with Gasteiger partial charge in [-0.3, -0.25) is 0 Å². The van der Waals surface area contributed by atoms with Crippen molar-refractivity contribution >= 4 is 16.9 Å². The fraction of sp³-hybridized carbons (Fsp3) is 0.263. The number of hydrogen-bond donors (Lipinski definition) is 1. The van der Waals surface area contributed by atoms with Gasteiger partial charge in [0.2, 0.25) is 5.95 Å². The van der Waals surface area contributed by atoms with Crippen molar-refractivity contribution in [2.75, 3.05) is 18.5 Å². The first-order valence-electron chi connectivity index (χ1n) is 8.08. The van der Waals surface area contributed by atoms with E-state index in [1.165, 1.54) is 0 Å². The summed E-state index contributed by atoms with van der Waals surface area (Å²) >= 11 is 0. The summed E-state index contributed by atoms with van der Waals surface area (Å²) in [5.41, 5.74) is 3.02. The fourth-order valence-electron chi connectivity index (χ4n) is 2.98. The Morgan fingerprint density at radius 3 is 2.65 bits per heavy atom. The zero-order chi connectivity index (χ0) is 15.5. The van der Waals surface area contributed by atoms with Crippen molar-refractivity contribution in [2.45, 2.75) is 18.9 Å². The highest BCUT2D eigenvalue weighted by atomic mass is 16.5. The molecule has 23 heavy (non-hydrogen) atoms. The molecule has 3 aromatic rings. The summed E-state index contributed by atoms with van der Waals surface area (Å²) in [5, 5.41) is 4.41. The van der Waals surface area contributed by atoms with Crippen molar-refractivity contribution in [1.82, 2.24) is 9.97 Å². The van der Waals surface area contributed by atoms with Crippen molar-refractivity contribution in [3.8, 4) is 11.3 Å². The van der Waals surface area contributed by atoms with E-state index >= 15 is 0 Å². The molecule has 1 N–H and O–H groups in total. The van der Waals surface area contributed by atoms with E-state index < -0.39 is 0 Å². The second-order valence-electron chi connectivity index (χ2n) is 5.79. The van der Waals surface area contributed by atoms with Gasteiger partial charge in [0.1, 0.15) is 0 Å². The van der Waals surface area contributed by atoms with Crippen LogP contribution in [0.1, 0.15) is 12.8 Å². The van der Waals surface area contributed by atoms with Gasteiger partial charge < -0.3 is 10.1 Å². The normalized spacial score (nSPS) is 17.5. The topological polar surface area (TPSA) is 47.0 Å². The van der Waals surface area contributed by atoms with Crippen molar-refractivity contribution in [1.29, 1.82) is 0 Å². The van der Waals surface area contributed by atoms with Crippen LogP contribution in [0.2, 0.25) is 0 Å². The second-order valence-corrected chi connectivity index (χ2v) is 5.79. The molecule has 1 aromatic heterocycles. The summed E-state index contributed by atoms with van der Waals surface area (Å²) in [5.74, 6) is 0.665. The van der Waals surface area contributed by atoms with Crippen LogP contribution in [0.25, 0.3) is 22.2 Å². The van der Waals surface area contributed by atoms with Crippen LogP contribution in [0.3, 0.4) is 0 Å². The third-order valence-electron chi connectivity index (χ3n) is 4.16. The summed E-state index contributed by atoms with van der Waals surface area (Å²) in [7, 11) is 0. The molecule has 2 aromatic carbocycles. The van der Waals surface area contributed by atoms with Gasteiger partial charge in [-0.05, 0) is 18.9 Å². The lowest BCUT2D eigenvalue weighted by atomic mass is 10.1. The zero-order valence-electron chi connectivity index (χ0n) is 12.9. The number of anilines is 1. The lowest BCUT2D eigenvalue weighted by Crippen LogP contribution is -2.19. The quantitative estimate of drug-likeness (QED) is 0.794. The number of para-hydroxylation sites is 1. The molecule has 2 heterocycles. The molecule has 1 aliphatic rings. The van der Waals surface area contributed by atoms with E-state index in [1.807, 2.05) is 36.4 Å². The Bertz CT molecular complexity index is 798. The SMILES string of the molecule is c1ccc(-c2nc(NC[C@H]3CCCO3)nc3ccccc23)cc1. The van der Waals surface area contributed by atoms with Gasteiger partial charge in [-0.1, -0.05) is 48.5 Å². The number of benzene rings is 2. The molecule has 4 nitrogen and oxygen atoms in total. The van der Waals surface area contributed by atoms with Crippen LogP contribution in [0, 0.1) is 0 Å². The van der Waals surface area contributed by atoms with E-state index in [1.54, 1.807) is 0 Å². The number of aromatic nitrogens is 2. The molecule has 4 heteroatoms. The maximum Gasteiger partial charge on any atom is 0.223 e. The van der Waals surface area contributed by atoms with Crippen LogP contribution in [0.4, 0.5) is 5.95 Å². The van der Waals surface area contributed by atoms with E-state index in [2.05, 4.69) is 28.5 Å². The molecule has 0 aliphatic carbocycles. The molecule has 0 bridgehead atoms. The minimum absolute atomic E-state index is 0.269. The number of rotatable bonds is 4. The van der Waals surface area contributed by atoms with Gasteiger partial charge >= 0.3 is 0 Å². The largest absolute Gasteiger partial charge is 0.376 e. The lowest BCUT2D eigenvalue weighted by Gasteiger charge is -2.13. The van der Waals surface area contributed by atoms with E-state index in [0.717, 1.165) is 48.2 Å². The molecular weight excluding hydrogens is 286 g/mol. The van der Waals surface area contributed by atoms with Crippen LogP contribution < -0.4 is 5.32 Å². The smallest absolute Gasteiger partial charge is 0.223 e. The summed E-state index contributed by atoms with van der Waals surface area (Å²) in [6.45, 7) is 1.62. The summed E-state index contributed by atoms with van der Waals surface area (Å²) in [4.78, 5) is 9.40. The van der Waals surface area contributed by atoms with Crippen LogP contribution >= 0.6 is 0 Å². The first-order valence-corrected chi connectivity index (χ1v) is 8.08. The number of hydrogen-bond acceptors (Lipinski definition) is 4. The molecular formula is C19H19N3O. The van der Waals surface area contributed by atoms with Crippen molar-refractivity contribution in [2.24, 2.45) is 0 Å². The number of nitrogens with one attached hydrogen (secondary N) is 1. The van der Waals surface area contributed by atoms with Crippen molar-refractivity contribution in [3.63, 3.8) is 0 Å². The average Bonchev–Trinajstić information content (AvgIpc) is 3.13.